The van der Waals surface area contributed by atoms with Crippen LogP contribution in [0.25, 0.3) is 0 Å². The van der Waals surface area contributed by atoms with Crippen LogP contribution in [0.5, 0.6) is 0 Å². The van der Waals surface area contributed by atoms with Crippen molar-refractivity contribution in [1.82, 2.24) is 9.55 Å². The third-order valence-electron chi connectivity index (χ3n) is 1.24. The van der Waals surface area contributed by atoms with Gasteiger partial charge in [0.2, 0.25) is 0 Å². The van der Waals surface area contributed by atoms with E-state index < -0.39 is 11.2 Å². The Balaban J connectivity index is 3.49. The fourth-order valence-corrected chi connectivity index (χ4v) is 1.06. The summed E-state index contributed by atoms with van der Waals surface area (Å²) in [5, 5.41) is 5.64. The number of nitrogens with one attached hydrogen (secondary N) is 1. The van der Waals surface area contributed by atoms with Gasteiger partial charge in [-0.05, 0) is 11.9 Å². The van der Waals surface area contributed by atoms with Gasteiger partial charge in [0.15, 0.2) is 0 Å². The summed E-state index contributed by atoms with van der Waals surface area (Å²) >= 11 is 0.867. The molecular formula is C5H7N3O2S. The maximum absolute atomic E-state index is 10.9. The van der Waals surface area contributed by atoms with Gasteiger partial charge < -0.3 is 0 Å². The second-order valence-corrected chi connectivity index (χ2v) is 2.61. The summed E-state index contributed by atoms with van der Waals surface area (Å²) in [6, 6.07) is 1.27. The Morgan fingerprint density at radius 1 is 1.64 bits per heavy atom. The molecule has 0 atom stereocenters. The minimum Gasteiger partial charge on any atom is -0.290 e. The summed E-state index contributed by atoms with van der Waals surface area (Å²) in [7, 11) is 1.54. The molecule has 1 aromatic rings. The van der Waals surface area contributed by atoms with Crippen molar-refractivity contribution >= 4 is 11.9 Å². The summed E-state index contributed by atoms with van der Waals surface area (Å²) in [4.78, 5) is 23.6. The lowest BCUT2D eigenvalue weighted by Gasteiger charge is -2.00. The molecule has 0 aliphatic heterocycles. The van der Waals surface area contributed by atoms with Gasteiger partial charge in [0.05, 0.1) is 5.03 Å². The molecule has 0 fully saturated rings. The van der Waals surface area contributed by atoms with Crippen LogP contribution in [0.3, 0.4) is 0 Å². The molecule has 1 heterocycles. The molecule has 0 radical (unpaired) electrons. The van der Waals surface area contributed by atoms with E-state index in [1.54, 1.807) is 0 Å². The van der Waals surface area contributed by atoms with E-state index in [2.05, 4.69) is 4.98 Å². The number of rotatable bonds is 1. The molecule has 0 aromatic carbocycles. The van der Waals surface area contributed by atoms with Crippen molar-refractivity contribution in [3.05, 3.63) is 26.9 Å². The Kier molecular flexibility index (Phi) is 2.16. The predicted molar refractivity (Wildman–Crippen MR) is 42.3 cm³/mol. The largest absolute Gasteiger partial charge is 0.328 e. The van der Waals surface area contributed by atoms with Gasteiger partial charge in [-0.3, -0.25) is 19.5 Å². The minimum absolute atomic E-state index is 0.430. The molecule has 0 aliphatic rings. The van der Waals surface area contributed by atoms with Crippen molar-refractivity contribution in [2.75, 3.05) is 0 Å². The fourth-order valence-electron chi connectivity index (χ4n) is 0.647. The van der Waals surface area contributed by atoms with Crippen LogP contribution >= 0.6 is 11.9 Å². The Morgan fingerprint density at radius 3 is 2.82 bits per heavy atom. The summed E-state index contributed by atoms with van der Waals surface area (Å²) in [6.07, 6.45) is 0. The number of nitrogens with zero attached hydrogens (tertiary/aromatic N) is 1. The smallest absolute Gasteiger partial charge is 0.290 e. The highest BCUT2D eigenvalue weighted by molar-refractivity contribution is 7.97. The minimum atomic E-state index is -0.453. The summed E-state index contributed by atoms with van der Waals surface area (Å²) < 4.78 is 1.27. The third kappa shape index (κ3) is 1.52. The first-order valence-corrected chi connectivity index (χ1v) is 3.70. The van der Waals surface area contributed by atoms with Crippen LogP contribution in [0.1, 0.15) is 0 Å². The van der Waals surface area contributed by atoms with Crippen LogP contribution < -0.4 is 16.4 Å². The van der Waals surface area contributed by atoms with Gasteiger partial charge in [0.1, 0.15) is 0 Å². The van der Waals surface area contributed by atoms with E-state index in [1.807, 2.05) is 0 Å². The van der Waals surface area contributed by atoms with Gasteiger partial charge >= 0.3 is 5.69 Å². The number of aromatic amines is 1. The molecule has 0 bridgehead atoms. The van der Waals surface area contributed by atoms with Crippen molar-refractivity contribution in [3.8, 4) is 0 Å². The highest BCUT2D eigenvalue weighted by atomic mass is 32.2. The van der Waals surface area contributed by atoms with Crippen LogP contribution in [0.4, 0.5) is 0 Å². The van der Waals surface area contributed by atoms with Crippen molar-refractivity contribution in [3.63, 3.8) is 0 Å². The van der Waals surface area contributed by atoms with Gasteiger partial charge in [0.25, 0.3) is 5.56 Å². The van der Waals surface area contributed by atoms with Crippen LogP contribution in [-0.4, -0.2) is 9.55 Å². The molecular weight excluding hydrogens is 166 g/mol. The van der Waals surface area contributed by atoms with Gasteiger partial charge in [0, 0.05) is 13.1 Å². The molecule has 0 aliphatic carbocycles. The zero-order chi connectivity index (χ0) is 8.43. The summed E-state index contributed by atoms with van der Waals surface area (Å²) in [6.45, 7) is 0. The average molecular weight is 173 g/mol. The number of aromatic nitrogens is 2. The molecule has 0 spiro atoms. The lowest BCUT2D eigenvalue weighted by Crippen LogP contribution is -2.28. The Morgan fingerprint density at radius 2 is 2.27 bits per heavy atom. The van der Waals surface area contributed by atoms with Crippen molar-refractivity contribution in [1.29, 1.82) is 0 Å². The van der Waals surface area contributed by atoms with Crippen molar-refractivity contribution in [2.45, 2.75) is 5.03 Å². The van der Waals surface area contributed by atoms with Gasteiger partial charge in [-0.25, -0.2) is 4.79 Å². The molecule has 0 amide bonds. The first-order valence-electron chi connectivity index (χ1n) is 2.82. The van der Waals surface area contributed by atoms with Gasteiger partial charge in [-0.2, -0.15) is 0 Å². The molecule has 5 nitrogen and oxygen atoms in total. The number of nitrogens with two attached hydrogens (primary N) is 1. The average Bonchev–Trinajstić information content (AvgIpc) is 1.96. The van der Waals surface area contributed by atoms with Crippen molar-refractivity contribution in [2.24, 2.45) is 12.2 Å². The maximum Gasteiger partial charge on any atom is 0.328 e. The molecule has 3 N–H and O–H groups in total. The zero-order valence-electron chi connectivity index (χ0n) is 5.83. The Labute approximate surface area is 66.4 Å². The number of H-pyrrole nitrogens is 1. The summed E-state index contributed by atoms with van der Waals surface area (Å²) in [5.74, 6) is 0. The van der Waals surface area contributed by atoms with E-state index in [4.69, 9.17) is 5.14 Å². The number of hydrogen-bond acceptors (Lipinski definition) is 4. The predicted octanol–water partition coefficient (Wildman–Crippen LogP) is -0.961. The third-order valence-corrected chi connectivity index (χ3v) is 1.87. The molecule has 0 saturated carbocycles. The van der Waals surface area contributed by atoms with Crippen LogP contribution in [0.15, 0.2) is 20.7 Å². The molecule has 0 saturated heterocycles. The highest BCUT2D eigenvalue weighted by Crippen LogP contribution is 2.02. The van der Waals surface area contributed by atoms with Crippen LogP contribution in [-0.2, 0) is 7.05 Å². The second-order valence-electron chi connectivity index (χ2n) is 1.95. The maximum atomic E-state index is 10.9. The van der Waals surface area contributed by atoms with E-state index in [0.717, 1.165) is 11.9 Å². The monoisotopic (exact) mass is 173 g/mol. The van der Waals surface area contributed by atoms with Crippen LogP contribution in [0, 0.1) is 0 Å². The number of hydrogen-bond donors (Lipinski definition) is 2. The fraction of sp³-hybridized carbons (Fsp3) is 0.200. The lowest BCUT2D eigenvalue weighted by atomic mass is 10.6. The molecule has 1 rings (SSSR count). The quantitative estimate of drug-likeness (QED) is 0.423. The van der Waals surface area contributed by atoms with Crippen LogP contribution in [0.2, 0.25) is 0 Å². The van der Waals surface area contributed by atoms with E-state index in [0.29, 0.717) is 5.03 Å². The van der Waals surface area contributed by atoms with E-state index in [1.165, 1.54) is 17.7 Å². The zero-order valence-corrected chi connectivity index (χ0v) is 6.64. The van der Waals surface area contributed by atoms with E-state index >= 15 is 0 Å². The van der Waals surface area contributed by atoms with Crippen molar-refractivity contribution < 1.29 is 0 Å². The first-order chi connectivity index (χ1) is 5.15. The van der Waals surface area contributed by atoms with E-state index in [9.17, 15) is 9.59 Å². The molecule has 6 heteroatoms. The highest BCUT2D eigenvalue weighted by Gasteiger charge is 1.98. The second kappa shape index (κ2) is 2.93. The topological polar surface area (TPSA) is 80.9 Å². The van der Waals surface area contributed by atoms with Gasteiger partial charge in [-0.1, -0.05) is 0 Å². The summed E-state index contributed by atoms with van der Waals surface area (Å²) in [5.41, 5.74) is -0.883. The molecule has 60 valence electrons. The standard InChI is InChI=1S/C5H7N3O2S/c1-8-4(11-6)2-3(9)7-5(8)10/h2H,6H2,1H3,(H,7,9,10). The lowest BCUT2D eigenvalue weighted by molar-refractivity contribution is 0.717. The normalized spacial score (nSPS) is 10.0. The molecule has 1 aromatic heterocycles. The first kappa shape index (κ1) is 8.09. The SMILES string of the molecule is Cn1c(SN)cc(=O)[nH]c1=O. The van der Waals surface area contributed by atoms with Gasteiger partial charge in [-0.15, -0.1) is 0 Å². The Hall–Kier alpha value is -1.01. The molecule has 0 unspecified atom stereocenters. The molecule has 11 heavy (non-hydrogen) atoms. The van der Waals surface area contributed by atoms with E-state index in [-0.39, 0.29) is 0 Å². The Bertz CT molecular complexity index is 367.